The zero-order valence-corrected chi connectivity index (χ0v) is 13.0. The molecule has 0 bridgehead atoms. The van der Waals surface area contributed by atoms with Crippen molar-refractivity contribution in [2.24, 2.45) is 0 Å². The van der Waals surface area contributed by atoms with Crippen LogP contribution in [0.15, 0.2) is 23.1 Å². The molecule has 1 aromatic rings. The molecule has 1 atom stereocenters. The summed E-state index contributed by atoms with van der Waals surface area (Å²) in [7, 11) is -0.471. The molecular formula is C13H21N3O4S. The molecule has 2 rings (SSSR count). The number of hydrogen-bond donors (Lipinski definition) is 3. The van der Waals surface area contributed by atoms with Crippen LogP contribution in [0.2, 0.25) is 0 Å². The smallest absolute Gasteiger partial charge is 0.240 e. The molecule has 0 spiro atoms. The summed E-state index contributed by atoms with van der Waals surface area (Å²) in [6.45, 7) is 1.75. The van der Waals surface area contributed by atoms with Crippen LogP contribution in [0.25, 0.3) is 0 Å². The maximum absolute atomic E-state index is 11.7. The first kappa shape index (κ1) is 16.0. The van der Waals surface area contributed by atoms with E-state index in [2.05, 4.69) is 10.0 Å². The van der Waals surface area contributed by atoms with Crippen LogP contribution in [0.5, 0.6) is 0 Å². The van der Waals surface area contributed by atoms with E-state index in [0.29, 0.717) is 31.1 Å². The van der Waals surface area contributed by atoms with Gasteiger partial charge in [-0.25, -0.2) is 13.1 Å². The number of sulfonamides is 1. The fourth-order valence-electron chi connectivity index (χ4n) is 2.20. The van der Waals surface area contributed by atoms with E-state index >= 15 is 0 Å². The summed E-state index contributed by atoms with van der Waals surface area (Å²) >= 11 is 0. The zero-order chi connectivity index (χ0) is 15.5. The normalized spacial score (nSPS) is 22.4. The van der Waals surface area contributed by atoms with Crippen molar-refractivity contribution in [3.8, 4) is 0 Å². The van der Waals surface area contributed by atoms with E-state index in [0.717, 1.165) is 6.42 Å². The maximum atomic E-state index is 11.7. The first-order chi connectivity index (χ1) is 9.92. The number of nitrogens with two attached hydrogens (primary N) is 1. The molecular weight excluding hydrogens is 294 g/mol. The molecule has 1 aliphatic rings. The lowest BCUT2D eigenvalue weighted by Gasteiger charge is -2.26. The standard InChI is InChI=1S/C13H21N3O4S/c1-15-21(17,18)10-3-4-12(11(14)7-10)16-8-13(19-2)5-6-20-9-13/h3-4,7,15-16H,5-6,8-9,14H2,1-2H3. The summed E-state index contributed by atoms with van der Waals surface area (Å²) < 4.78 is 36.6. The minimum atomic E-state index is -3.49. The van der Waals surface area contributed by atoms with Gasteiger partial charge in [-0.05, 0) is 25.2 Å². The predicted molar refractivity (Wildman–Crippen MR) is 80.8 cm³/mol. The molecule has 7 nitrogen and oxygen atoms in total. The Kier molecular flexibility index (Phi) is 4.72. The molecule has 4 N–H and O–H groups in total. The Bertz CT molecular complexity index is 597. The third kappa shape index (κ3) is 3.46. The van der Waals surface area contributed by atoms with Gasteiger partial charge in [0.05, 0.1) is 22.9 Å². The van der Waals surface area contributed by atoms with E-state index in [1.165, 1.54) is 19.2 Å². The van der Waals surface area contributed by atoms with Crippen LogP contribution in [0.3, 0.4) is 0 Å². The van der Waals surface area contributed by atoms with Crippen LogP contribution in [-0.2, 0) is 19.5 Å². The first-order valence-electron chi connectivity index (χ1n) is 6.62. The van der Waals surface area contributed by atoms with Gasteiger partial charge in [-0.15, -0.1) is 0 Å². The van der Waals surface area contributed by atoms with E-state index < -0.39 is 10.0 Å². The first-order valence-corrected chi connectivity index (χ1v) is 8.11. The lowest BCUT2D eigenvalue weighted by molar-refractivity contribution is -0.00618. The highest BCUT2D eigenvalue weighted by Gasteiger charge is 2.34. The summed E-state index contributed by atoms with van der Waals surface area (Å²) in [6, 6.07) is 4.59. The third-order valence-corrected chi connectivity index (χ3v) is 5.12. The molecule has 1 unspecified atom stereocenters. The Labute approximate surface area is 124 Å². The minimum Gasteiger partial charge on any atom is -0.397 e. The van der Waals surface area contributed by atoms with Gasteiger partial charge in [0.25, 0.3) is 0 Å². The number of rotatable bonds is 6. The van der Waals surface area contributed by atoms with Gasteiger partial charge in [0.2, 0.25) is 10.0 Å². The Hall–Kier alpha value is -1.35. The summed E-state index contributed by atoms with van der Waals surface area (Å²) in [5, 5.41) is 3.20. The zero-order valence-electron chi connectivity index (χ0n) is 12.2. The lowest BCUT2D eigenvalue weighted by atomic mass is 10.0. The molecule has 0 aliphatic carbocycles. The second kappa shape index (κ2) is 6.18. The highest BCUT2D eigenvalue weighted by molar-refractivity contribution is 7.89. The maximum Gasteiger partial charge on any atom is 0.240 e. The third-order valence-electron chi connectivity index (χ3n) is 3.70. The molecule has 21 heavy (non-hydrogen) atoms. The molecule has 0 radical (unpaired) electrons. The van der Waals surface area contributed by atoms with Crippen molar-refractivity contribution in [3.05, 3.63) is 18.2 Å². The van der Waals surface area contributed by atoms with Crippen LogP contribution in [-0.4, -0.2) is 47.9 Å². The van der Waals surface area contributed by atoms with Crippen LogP contribution in [0.1, 0.15) is 6.42 Å². The van der Waals surface area contributed by atoms with E-state index in [1.807, 2.05) is 0 Å². The Morgan fingerprint density at radius 3 is 2.76 bits per heavy atom. The Morgan fingerprint density at radius 1 is 1.48 bits per heavy atom. The van der Waals surface area contributed by atoms with Crippen molar-refractivity contribution < 1.29 is 17.9 Å². The fourth-order valence-corrected chi connectivity index (χ4v) is 2.97. The molecule has 0 amide bonds. The van der Waals surface area contributed by atoms with Gasteiger partial charge in [-0.3, -0.25) is 0 Å². The number of benzene rings is 1. The number of anilines is 2. The Balaban J connectivity index is 2.11. The number of ether oxygens (including phenoxy) is 2. The molecule has 0 saturated carbocycles. The van der Waals surface area contributed by atoms with Crippen molar-refractivity contribution in [1.29, 1.82) is 0 Å². The minimum absolute atomic E-state index is 0.138. The molecule has 0 aromatic heterocycles. The van der Waals surface area contributed by atoms with Gasteiger partial charge in [-0.2, -0.15) is 0 Å². The van der Waals surface area contributed by atoms with Gasteiger partial charge in [0, 0.05) is 26.7 Å². The predicted octanol–water partition coefficient (Wildman–Crippen LogP) is 0.394. The van der Waals surface area contributed by atoms with E-state index in [-0.39, 0.29) is 10.5 Å². The molecule has 1 fully saturated rings. The van der Waals surface area contributed by atoms with Gasteiger partial charge < -0.3 is 20.5 Å². The average Bonchev–Trinajstić information content (AvgIpc) is 2.95. The second-order valence-corrected chi connectivity index (χ2v) is 6.89. The van der Waals surface area contributed by atoms with Crippen LogP contribution < -0.4 is 15.8 Å². The number of nitrogens with one attached hydrogen (secondary N) is 2. The fraction of sp³-hybridized carbons (Fsp3) is 0.538. The van der Waals surface area contributed by atoms with E-state index in [4.69, 9.17) is 15.2 Å². The van der Waals surface area contributed by atoms with Crippen LogP contribution in [0, 0.1) is 0 Å². The quantitative estimate of drug-likeness (QED) is 0.657. The van der Waals surface area contributed by atoms with Crippen molar-refractivity contribution in [1.82, 2.24) is 4.72 Å². The van der Waals surface area contributed by atoms with Gasteiger partial charge >= 0.3 is 0 Å². The average molecular weight is 315 g/mol. The van der Waals surface area contributed by atoms with Crippen molar-refractivity contribution >= 4 is 21.4 Å². The van der Waals surface area contributed by atoms with Crippen molar-refractivity contribution in [2.75, 3.05) is 45.0 Å². The molecule has 1 saturated heterocycles. The molecule has 1 heterocycles. The highest BCUT2D eigenvalue weighted by atomic mass is 32.2. The van der Waals surface area contributed by atoms with E-state index in [9.17, 15) is 8.42 Å². The van der Waals surface area contributed by atoms with Crippen LogP contribution >= 0.6 is 0 Å². The topological polar surface area (TPSA) is 103 Å². The highest BCUT2D eigenvalue weighted by Crippen LogP contribution is 2.26. The number of methoxy groups -OCH3 is 1. The second-order valence-electron chi connectivity index (χ2n) is 5.00. The number of hydrogen-bond acceptors (Lipinski definition) is 6. The molecule has 1 aromatic carbocycles. The van der Waals surface area contributed by atoms with Crippen LogP contribution in [0.4, 0.5) is 11.4 Å². The van der Waals surface area contributed by atoms with Gasteiger partial charge in [-0.1, -0.05) is 0 Å². The summed E-state index contributed by atoms with van der Waals surface area (Å²) in [5.74, 6) is 0. The summed E-state index contributed by atoms with van der Waals surface area (Å²) in [5.41, 5.74) is 6.60. The monoisotopic (exact) mass is 315 g/mol. The Morgan fingerprint density at radius 2 is 2.24 bits per heavy atom. The molecule has 8 heteroatoms. The van der Waals surface area contributed by atoms with Gasteiger partial charge in [0.15, 0.2) is 0 Å². The SMILES string of the molecule is CNS(=O)(=O)c1ccc(NCC2(OC)CCOC2)c(N)c1. The van der Waals surface area contributed by atoms with Gasteiger partial charge in [0.1, 0.15) is 5.60 Å². The van der Waals surface area contributed by atoms with E-state index in [1.54, 1.807) is 13.2 Å². The number of nitrogen functional groups attached to an aromatic ring is 1. The largest absolute Gasteiger partial charge is 0.397 e. The summed E-state index contributed by atoms with van der Waals surface area (Å²) in [4.78, 5) is 0.138. The summed E-state index contributed by atoms with van der Waals surface area (Å²) in [6.07, 6.45) is 0.808. The van der Waals surface area contributed by atoms with Crippen molar-refractivity contribution in [3.63, 3.8) is 0 Å². The lowest BCUT2D eigenvalue weighted by Crippen LogP contribution is -2.39. The van der Waals surface area contributed by atoms with Crippen molar-refractivity contribution in [2.45, 2.75) is 16.9 Å². The molecule has 118 valence electrons. The molecule has 1 aliphatic heterocycles.